The monoisotopic (exact) mass is 443 g/mol. The van der Waals surface area contributed by atoms with Crippen molar-refractivity contribution in [3.05, 3.63) is 55.3 Å². The maximum Gasteiger partial charge on any atom is 0.330 e. The number of carbonyl (C=O) groups is 1. The van der Waals surface area contributed by atoms with Crippen molar-refractivity contribution < 1.29 is 19.7 Å². The lowest BCUT2D eigenvalue weighted by molar-refractivity contribution is -0.118. The zero-order chi connectivity index (χ0) is 23.4. The van der Waals surface area contributed by atoms with Gasteiger partial charge in [0, 0.05) is 35.9 Å². The number of dihydropyridines is 1. The second-order valence-corrected chi connectivity index (χ2v) is 9.20. The number of nitrogens with zero attached hydrogens (tertiary/aromatic N) is 2. The average molecular weight is 443 g/mol. The quantitative estimate of drug-likeness (QED) is 0.399. The van der Waals surface area contributed by atoms with Gasteiger partial charge in [-0.2, -0.15) is 5.26 Å². The van der Waals surface area contributed by atoms with Crippen molar-refractivity contribution in [3.63, 3.8) is 0 Å². The second kappa shape index (κ2) is 7.74. The van der Waals surface area contributed by atoms with E-state index in [2.05, 4.69) is 10.3 Å². The van der Waals surface area contributed by atoms with Crippen LogP contribution in [0.2, 0.25) is 0 Å². The van der Waals surface area contributed by atoms with Crippen molar-refractivity contribution >= 4 is 5.78 Å². The number of hydrogen-bond acceptors (Lipinski definition) is 9. The van der Waals surface area contributed by atoms with Crippen LogP contribution in [0.1, 0.15) is 50.8 Å². The molecule has 4 rings (SSSR count). The van der Waals surface area contributed by atoms with E-state index in [1.54, 1.807) is 0 Å². The predicted molar refractivity (Wildman–Crippen MR) is 111 cm³/mol. The predicted octanol–water partition coefficient (Wildman–Crippen LogP) is -0.799. The maximum absolute atomic E-state index is 13.1. The van der Waals surface area contributed by atoms with Crippen molar-refractivity contribution in [3.8, 4) is 6.07 Å². The van der Waals surface area contributed by atoms with E-state index in [4.69, 9.17) is 10.5 Å². The van der Waals surface area contributed by atoms with Crippen molar-refractivity contribution in [1.82, 2.24) is 14.9 Å². The number of nitriles is 1. The Hall–Kier alpha value is -3.20. The Kier molecular flexibility index (Phi) is 5.32. The first-order valence-electron chi connectivity index (χ1n) is 10.3. The number of carbonyl (C=O) groups excluding carboxylic acids is 1. The number of rotatable bonds is 3. The van der Waals surface area contributed by atoms with Crippen molar-refractivity contribution in [1.29, 1.82) is 5.26 Å². The molecule has 11 nitrogen and oxygen atoms in total. The van der Waals surface area contributed by atoms with Gasteiger partial charge in [-0.1, -0.05) is 13.8 Å². The van der Waals surface area contributed by atoms with Crippen LogP contribution in [0, 0.1) is 16.7 Å². The highest BCUT2D eigenvalue weighted by molar-refractivity contribution is 6.00. The maximum atomic E-state index is 13.1. The molecule has 6 N–H and O–H groups in total. The van der Waals surface area contributed by atoms with E-state index < -0.39 is 42.2 Å². The standard InChI is InChI=1S/C21H25N5O6/c1-21(2)4-11-17(13(29)5-21)16(9(6-22)18(23)24-11)10-7-26(20(31)25-19(10)30)15-3-12(28)14(8-27)32-15/h7,12,14-16,24,27-28H,3-5,8,23H2,1-2H3,(H,25,30,31)/t12?,14-,15-,16?/m1/s1. The molecule has 1 fully saturated rings. The molecular weight excluding hydrogens is 418 g/mol. The normalized spacial score (nSPS) is 29.5. The Bertz CT molecular complexity index is 1200. The summed E-state index contributed by atoms with van der Waals surface area (Å²) >= 11 is 0. The molecule has 0 spiro atoms. The molecule has 0 aromatic carbocycles. The van der Waals surface area contributed by atoms with E-state index in [0.29, 0.717) is 12.1 Å². The molecule has 1 aromatic heterocycles. The first-order valence-corrected chi connectivity index (χ1v) is 10.3. The molecule has 3 heterocycles. The number of H-pyrrole nitrogens is 1. The Labute approximate surface area is 182 Å². The van der Waals surface area contributed by atoms with E-state index in [1.165, 1.54) is 6.20 Å². The molecule has 170 valence electrons. The minimum absolute atomic E-state index is 0.00306. The first-order chi connectivity index (χ1) is 15.1. The summed E-state index contributed by atoms with van der Waals surface area (Å²) in [5.74, 6) is -1.21. The zero-order valence-corrected chi connectivity index (χ0v) is 17.7. The Balaban J connectivity index is 1.87. The van der Waals surface area contributed by atoms with Crippen LogP contribution in [0.3, 0.4) is 0 Å². The number of aliphatic hydroxyl groups is 2. The minimum atomic E-state index is -1.05. The highest BCUT2D eigenvalue weighted by Crippen LogP contribution is 2.45. The van der Waals surface area contributed by atoms with Crippen molar-refractivity contribution in [2.24, 2.45) is 11.1 Å². The number of hydrogen-bond donors (Lipinski definition) is 5. The molecule has 4 atom stereocenters. The molecule has 1 aliphatic carbocycles. The summed E-state index contributed by atoms with van der Waals surface area (Å²) in [7, 11) is 0. The molecule has 2 unspecified atom stereocenters. The SMILES string of the molecule is CC1(C)CC(=O)C2=C(C1)NC(N)=C(C#N)C2c1cn([C@H]2CC(O)[C@@H](CO)O2)c(=O)[nH]c1=O. The third kappa shape index (κ3) is 3.56. The van der Waals surface area contributed by atoms with Gasteiger partial charge < -0.3 is 26.0 Å². The first kappa shape index (κ1) is 22.0. The zero-order valence-electron chi connectivity index (χ0n) is 17.7. The van der Waals surface area contributed by atoms with Crippen LogP contribution >= 0.6 is 0 Å². The van der Waals surface area contributed by atoms with Gasteiger partial charge in [0.15, 0.2) is 5.78 Å². The molecule has 11 heteroatoms. The van der Waals surface area contributed by atoms with Gasteiger partial charge in [-0.05, 0) is 11.8 Å². The van der Waals surface area contributed by atoms with Gasteiger partial charge in [0.05, 0.1) is 30.3 Å². The molecule has 32 heavy (non-hydrogen) atoms. The second-order valence-electron chi connectivity index (χ2n) is 9.20. The van der Waals surface area contributed by atoms with E-state index in [-0.39, 0.29) is 46.6 Å². The number of aromatic amines is 1. The van der Waals surface area contributed by atoms with Crippen molar-refractivity contribution in [2.75, 3.05) is 6.61 Å². The number of nitrogens with two attached hydrogens (primary N) is 1. The molecule has 0 saturated carbocycles. The van der Waals surface area contributed by atoms with Gasteiger partial charge in [0.2, 0.25) is 0 Å². The molecule has 2 aliphatic heterocycles. The van der Waals surface area contributed by atoms with Crippen LogP contribution in [0.15, 0.2) is 38.5 Å². The van der Waals surface area contributed by atoms with E-state index >= 15 is 0 Å². The fraction of sp³-hybridized carbons (Fsp3) is 0.524. The number of ether oxygens (including phenoxy) is 1. The summed E-state index contributed by atoms with van der Waals surface area (Å²) < 4.78 is 6.65. The molecule has 0 bridgehead atoms. The average Bonchev–Trinajstić information content (AvgIpc) is 3.06. The summed E-state index contributed by atoms with van der Waals surface area (Å²) in [6, 6.07) is 1.99. The van der Waals surface area contributed by atoms with Gasteiger partial charge in [-0.15, -0.1) is 0 Å². The highest BCUT2D eigenvalue weighted by atomic mass is 16.5. The van der Waals surface area contributed by atoms with Gasteiger partial charge in [-0.25, -0.2) is 4.79 Å². The van der Waals surface area contributed by atoms with Crippen LogP contribution in [-0.2, 0) is 9.53 Å². The van der Waals surface area contributed by atoms with Gasteiger partial charge in [0.25, 0.3) is 5.56 Å². The number of aliphatic hydroxyl groups excluding tert-OH is 2. The summed E-state index contributed by atoms with van der Waals surface area (Å²) in [6.45, 7) is 3.45. The lowest BCUT2D eigenvalue weighted by Crippen LogP contribution is -2.42. The summed E-state index contributed by atoms with van der Waals surface area (Å²) in [5, 5.41) is 32.1. The van der Waals surface area contributed by atoms with Crippen molar-refractivity contribution in [2.45, 2.75) is 57.5 Å². The molecule has 3 aliphatic rings. The topological polar surface area (TPSA) is 183 Å². The fourth-order valence-electron chi connectivity index (χ4n) is 4.72. The third-order valence-electron chi connectivity index (χ3n) is 6.19. The van der Waals surface area contributed by atoms with Gasteiger partial charge in [-0.3, -0.25) is 19.1 Å². The summed E-state index contributed by atoms with van der Waals surface area (Å²) in [6.07, 6.45) is -0.804. The number of ketones is 1. The lowest BCUT2D eigenvalue weighted by Gasteiger charge is -2.38. The van der Waals surface area contributed by atoms with Crippen LogP contribution < -0.4 is 22.3 Å². The van der Waals surface area contributed by atoms with Crippen LogP contribution in [0.5, 0.6) is 0 Å². The summed E-state index contributed by atoms with van der Waals surface area (Å²) in [5.41, 5.74) is 5.08. The third-order valence-corrected chi connectivity index (χ3v) is 6.19. The Morgan fingerprint density at radius 1 is 1.34 bits per heavy atom. The Morgan fingerprint density at radius 2 is 2.06 bits per heavy atom. The van der Waals surface area contributed by atoms with E-state index in [9.17, 15) is 29.9 Å². The highest BCUT2D eigenvalue weighted by Gasteiger charge is 2.43. The Morgan fingerprint density at radius 3 is 2.69 bits per heavy atom. The lowest BCUT2D eigenvalue weighted by atomic mass is 9.69. The van der Waals surface area contributed by atoms with Crippen LogP contribution in [0.4, 0.5) is 0 Å². The number of aromatic nitrogens is 2. The minimum Gasteiger partial charge on any atom is -0.394 e. The largest absolute Gasteiger partial charge is 0.394 e. The smallest absolute Gasteiger partial charge is 0.330 e. The van der Waals surface area contributed by atoms with Gasteiger partial charge in [0.1, 0.15) is 18.2 Å². The molecule has 1 saturated heterocycles. The van der Waals surface area contributed by atoms with Crippen LogP contribution in [0.25, 0.3) is 0 Å². The number of nitrogens with one attached hydrogen (secondary N) is 2. The van der Waals surface area contributed by atoms with Crippen LogP contribution in [-0.4, -0.2) is 44.4 Å². The fourth-order valence-corrected chi connectivity index (χ4v) is 4.72. The molecular formula is C21H25N5O6. The van der Waals surface area contributed by atoms with E-state index in [1.807, 2.05) is 19.9 Å². The number of allylic oxidation sites excluding steroid dienone is 3. The molecule has 1 aromatic rings. The molecule has 0 amide bonds. The summed E-state index contributed by atoms with van der Waals surface area (Å²) in [4.78, 5) is 40.7. The molecule has 0 radical (unpaired) electrons. The number of Topliss-reactive ketones (excluding diaryl/α,β-unsaturated/α-hetero) is 1. The van der Waals surface area contributed by atoms with E-state index in [0.717, 1.165) is 4.57 Å². The van der Waals surface area contributed by atoms with Gasteiger partial charge >= 0.3 is 5.69 Å².